The van der Waals surface area contributed by atoms with Gasteiger partial charge in [-0.1, -0.05) is 0 Å². The molecule has 7 rings (SSSR count). The van der Waals surface area contributed by atoms with Crippen LogP contribution in [0.15, 0.2) is 29.9 Å². The maximum absolute atomic E-state index is 14.5. The number of thiazole rings is 1. The lowest BCUT2D eigenvalue weighted by molar-refractivity contribution is 0.439. The zero-order valence-electron chi connectivity index (χ0n) is 18.2. The summed E-state index contributed by atoms with van der Waals surface area (Å²) in [5.41, 5.74) is 10.8. The molecule has 3 atom stereocenters. The summed E-state index contributed by atoms with van der Waals surface area (Å²) in [5, 5.41) is 4.59. The summed E-state index contributed by atoms with van der Waals surface area (Å²) in [4.78, 5) is 24.7. The van der Waals surface area contributed by atoms with Gasteiger partial charge in [0.15, 0.2) is 5.75 Å². The van der Waals surface area contributed by atoms with E-state index in [-0.39, 0.29) is 17.9 Å². The Hall–Kier alpha value is -3.57. The van der Waals surface area contributed by atoms with Crippen molar-refractivity contribution >= 4 is 55.1 Å². The number of pyridine rings is 1. The van der Waals surface area contributed by atoms with Crippen LogP contribution in [-0.4, -0.2) is 50.6 Å². The van der Waals surface area contributed by atoms with Crippen LogP contribution in [0.4, 0.5) is 15.9 Å². The van der Waals surface area contributed by atoms with Gasteiger partial charge in [0.1, 0.15) is 27.6 Å². The Labute approximate surface area is 197 Å². The summed E-state index contributed by atoms with van der Waals surface area (Å²) in [6.07, 6.45) is 3.59. The van der Waals surface area contributed by atoms with E-state index in [1.165, 1.54) is 23.5 Å². The Morgan fingerprint density at radius 2 is 2.15 bits per heavy atom. The monoisotopic (exact) mass is 476 g/mol. The molecule has 0 unspecified atom stereocenters. The first-order chi connectivity index (χ1) is 16.6. The zero-order valence-corrected chi connectivity index (χ0v) is 19.1. The molecule has 0 spiro atoms. The van der Waals surface area contributed by atoms with Gasteiger partial charge in [-0.25, -0.2) is 14.4 Å². The minimum Gasteiger partial charge on any atom is -0.422 e. The first-order valence-corrected chi connectivity index (χ1v) is 12.1. The van der Waals surface area contributed by atoms with Gasteiger partial charge >= 0.3 is 6.01 Å². The largest absolute Gasteiger partial charge is 0.422 e. The fourth-order valence-corrected chi connectivity index (χ4v) is 6.04. The Morgan fingerprint density at radius 3 is 2.94 bits per heavy atom. The van der Waals surface area contributed by atoms with Gasteiger partial charge in [-0.05, 0) is 30.9 Å². The second-order valence-corrected chi connectivity index (χ2v) is 9.79. The molecule has 4 N–H and O–H groups in total. The van der Waals surface area contributed by atoms with Gasteiger partial charge in [-0.2, -0.15) is 9.97 Å². The molecule has 5 aromatic rings. The van der Waals surface area contributed by atoms with Crippen LogP contribution in [0, 0.1) is 11.7 Å². The quantitative estimate of drug-likeness (QED) is 0.356. The number of anilines is 2. The highest BCUT2D eigenvalue weighted by Crippen LogP contribution is 2.44. The van der Waals surface area contributed by atoms with Crippen molar-refractivity contribution < 1.29 is 9.13 Å². The summed E-state index contributed by atoms with van der Waals surface area (Å²) in [6, 6.07) is 5.52. The van der Waals surface area contributed by atoms with Crippen LogP contribution in [0.2, 0.25) is 0 Å². The number of benzene rings is 1. The number of rotatable bonds is 4. The molecule has 11 heteroatoms. The van der Waals surface area contributed by atoms with Gasteiger partial charge < -0.3 is 25.7 Å². The molecule has 34 heavy (non-hydrogen) atoms. The maximum atomic E-state index is 14.5. The molecule has 1 aliphatic carbocycles. The lowest BCUT2D eigenvalue weighted by Gasteiger charge is -2.31. The molecule has 0 radical (unpaired) electrons. The average Bonchev–Trinajstić information content (AvgIpc) is 3.60. The van der Waals surface area contributed by atoms with E-state index < -0.39 is 0 Å². The lowest BCUT2D eigenvalue weighted by atomic mass is 10.0. The van der Waals surface area contributed by atoms with E-state index in [0.717, 1.165) is 51.8 Å². The number of nitrogens with zero attached hydrogens (tertiary/aromatic N) is 5. The summed E-state index contributed by atoms with van der Waals surface area (Å²) in [6.45, 7) is 0.810. The molecule has 9 nitrogen and oxygen atoms in total. The molecule has 4 aromatic heterocycles. The first kappa shape index (κ1) is 19.9. The van der Waals surface area contributed by atoms with Gasteiger partial charge in [0, 0.05) is 37.1 Å². The van der Waals surface area contributed by atoms with Crippen molar-refractivity contribution in [2.75, 3.05) is 23.8 Å². The number of hydrogen-bond donors (Lipinski definition) is 3. The Bertz CT molecular complexity index is 1580. The number of nitrogens with one attached hydrogen (secondary N) is 2. The zero-order chi connectivity index (χ0) is 23.0. The van der Waals surface area contributed by atoms with E-state index in [1.807, 2.05) is 6.07 Å². The summed E-state index contributed by atoms with van der Waals surface area (Å²) in [5.74, 6) is 1.34. The molecular weight excluding hydrogens is 455 g/mol. The molecule has 1 aromatic carbocycles. The van der Waals surface area contributed by atoms with Crippen LogP contribution >= 0.6 is 11.3 Å². The van der Waals surface area contributed by atoms with E-state index in [4.69, 9.17) is 15.5 Å². The molecule has 0 amide bonds. The third-order valence-electron chi connectivity index (χ3n) is 7.00. The van der Waals surface area contributed by atoms with Crippen molar-refractivity contribution in [3.8, 4) is 11.8 Å². The lowest BCUT2D eigenvalue weighted by Crippen LogP contribution is -2.41. The van der Waals surface area contributed by atoms with Crippen LogP contribution < -0.4 is 20.7 Å². The van der Waals surface area contributed by atoms with Gasteiger partial charge in [0.25, 0.3) is 0 Å². The Morgan fingerprint density at radius 1 is 1.24 bits per heavy atom. The summed E-state index contributed by atoms with van der Waals surface area (Å²) >= 11 is 1.47. The molecule has 1 aliphatic heterocycles. The number of H-pyrrole nitrogens is 1. The topological polar surface area (TPSA) is 118 Å². The second-order valence-electron chi connectivity index (χ2n) is 8.96. The molecule has 5 heterocycles. The van der Waals surface area contributed by atoms with Crippen molar-refractivity contribution in [3.63, 3.8) is 0 Å². The summed E-state index contributed by atoms with van der Waals surface area (Å²) in [7, 11) is 1.77. The van der Waals surface area contributed by atoms with Crippen molar-refractivity contribution in [2.45, 2.75) is 24.9 Å². The highest BCUT2D eigenvalue weighted by atomic mass is 32.1. The van der Waals surface area contributed by atoms with E-state index >= 15 is 0 Å². The number of hydrogen-bond acceptors (Lipinski definition) is 9. The summed E-state index contributed by atoms with van der Waals surface area (Å²) < 4.78 is 20.6. The normalized spacial score (nSPS) is 21.9. The predicted molar refractivity (Wildman–Crippen MR) is 130 cm³/mol. The highest BCUT2D eigenvalue weighted by Gasteiger charge is 2.44. The van der Waals surface area contributed by atoms with Gasteiger partial charge in [0.05, 0.1) is 28.3 Å². The van der Waals surface area contributed by atoms with Crippen LogP contribution in [0.25, 0.3) is 32.3 Å². The van der Waals surface area contributed by atoms with E-state index in [1.54, 1.807) is 18.8 Å². The fourth-order valence-electron chi connectivity index (χ4n) is 5.43. The SMILES string of the molecule is CNc1cc(F)cc2c1[nH]c1nc(Oc3cnc4scnc4c3)nc(N3C[C@H]4C[C@@H]3C[C@H]4N)c12. The fraction of sp³-hybridized carbons (Fsp3) is 0.304. The van der Waals surface area contributed by atoms with E-state index in [9.17, 15) is 4.39 Å². The molecule has 2 fully saturated rings. The number of fused-ring (bicyclic) bond motifs is 6. The smallest absolute Gasteiger partial charge is 0.326 e. The number of aromatic amines is 1. The molecule has 1 saturated heterocycles. The van der Waals surface area contributed by atoms with Gasteiger partial charge in [-0.3, -0.25) is 0 Å². The van der Waals surface area contributed by atoms with Crippen LogP contribution in [0.3, 0.4) is 0 Å². The van der Waals surface area contributed by atoms with Crippen LogP contribution in [-0.2, 0) is 0 Å². The van der Waals surface area contributed by atoms with Gasteiger partial charge in [-0.15, -0.1) is 11.3 Å². The molecule has 2 aliphatic rings. The van der Waals surface area contributed by atoms with Crippen molar-refractivity contribution in [2.24, 2.45) is 11.7 Å². The number of nitrogens with two attached hydrogens (primary N) is 1. The minimum atomic E-state index is -0.323. The van der Waals surface area contributed by atoms with Crippen molar-refractivity contribution in [1.82, 2.24) is 24.9 Å². The average molecular weight is 477 g/mol. The van der Waals surface area contributed by atoms with Crippen LogP contribution in [0.5, 0.6) is 11.8 Å². The van der Waals surface area contributed by atoms with Crippen LogP contribution in [0.1, 0.15) is 12.8 Å². The van der Waals surface area contributed by atoms with E-state index in [0.29, 0.717) is 29.0 Å². The standard InChI is InChI=1S/C23H21FN8OS/c1-26-16-4-11(24)3-14-18-20(29-19(14)16)30-23(33-13-6-17-22(27-7-13)34-9-28-17)31-21(18)32-8-10-2-12(32)5-15(10)25/h3-4,6-7,9-10,12,15,26H,2,5,8,25H2,1H3,(H,29,30,31)/t10-,12-,15-/m1/s1. The van der Waals surface area contributed by atoms with E-state index in [2.05, 4.69) is 30.2 Å². The third kappa shape index (κ3) is 2.93. The van der Waals surface area contributed by atoms with Crippen molar-refractivity contribution in [3.05, 3.63) is 35.7 Å². The maximum Gasteiger partial charge on any atom is 0.326 e. The number of aromatic nitrogens is 5. The second kappa shape index (κ2) is 7.21. The number of halogens is 1. The minimum absolute atomic E-state index is 0.198. The van der Waals surface area contributed by atoms with Crippen molar-refractivity contribution in [1.29, 1.82) is 0 Å². The third-order valence-corrected chi connectivity index (χ3v) is 7.74. The molecule has 172 valence electrons. The number of piperidine rings is 1. The Kier molecular flexibility index (Phi) is 4.21. The number of ether oxygens (including phenoxy) is 1. The van der Waals surface area contributed by atoms with Gasteiger partial charge in [0.2, 0.25) is 0 Å². The predicted octanol–water partition coefficient (Wildman–Crippen LogP) is 4.01. The Balaban J connectivity index is 1.41. The molecule has 1 saturated carbocycles. The molecular formula is C23H21FN8OS. The molecule has 2 bridgehead atoms. The first-order valence-electron chi connectivity index (χ1n) is 11.2. The highest BCUT2D eigenvalue weighted by molar-refractivity contribution is 7.16.